The standard InChI is InChI=1S/C16H17N3O3S/c1-16(2)13-9-12(3-4-14(13)19-15(16)20)23(21,22)18-10-11-5-7-17-8-6-11/h3-9,18H,10H2,1-2H3,(H,19,20). The number of carbonyl (C=O) groups is 1. The van der Waals surface area contributed by atoms with Crippen LogP contribution in [0.2, 0.25) is 0 Å². The summed E-state index contributed by atoms with van der Waals surface area (Å²) in [7, 11) is -3.66. The van der Waals surface area contributed by atoms with Crippen LogP contribution in [0.4, 0.5) is 5.69 Å². The number of hydrogen-bond donors (Lipinski definition) is 2. The van der Waals surface area contributed by atoms with Crippen LogP contribution < -0.4 is 10.0 Å². The second-order valence-corrected chi connectivity index (χ2v) is 7.73. The van der Waals surface area contributed by atoms with Crippen LogP contribution in [-0.4, -0.2) is 19.3 Å². The lowest BCUT2D eigenvalue weighted by molar-refractivity contribution is -0.119. The van der Waals surface area contributed by atoms with Crippen LogP contribution >= 0.6 is 0 Å². The number of hydrogen-bond acceptors (Lipinski definition) is 4. The molecule has 1 amide bonds. The number of aromatic nitrogens is 1. The molecule has 7 heteroatoms. The van der Waals surface area contributed by atoms with Gasteiger partial charge in [-0.3, -0.25) is 9.78 Å². The highest BCUT2D eigenvalue weighted by Gasteiger charge is 2.39. The minimum absolute atomic E-state index is 0.133. The molecule has 2 heterocycles. The van der Waals surface area contributed by atoms with Gasteiger partial charge in [-0.2, -0.15) is 0 Å². The molecule has 0 aliphatic carbocycles. The van der Waals surface area contributed by atoms with Crippen molar-refractivity contribution in [3.05, 3.63) is 53.9 Å². The van der Waals surface area contributed by atoms with E-state index in [0.717, 1.165) is 5.56 Å². The van der Waals surface area contributed by atoms with Gasteiger partial charge in [0.05, 0.1) is 10.3 Å². The van der Waals surface area contributed by atoms with E-state index in [-0.39, 0.29) is 17.3 Å². The Morgan fingerprint density at radius 3 is 2.57 bits per heavy atom. The largest absolute Gasteiger partial charge is 0.325 e. The zero-order valence-electron chi connectivity index (χ0n) is 12.8. The summed E-state index contributed by atoms with van der Waals surface area (Å²) in [5.74, 6) is -0.133. The first-order chi connectivity index (χ1) is 10.8. The smallest absolute Gasteiger partial charge is 0.240 e. The number of nitrogens with one attached hydrogen (secondary N) is 2. The number of nitrogens with zero attached hydrogens (tertiary/aromatic N) is 1. The Labute approximate surface area is 135 Å². The zero-order valence-corrected chi connectivity index (χ0v) is 13.6. The van der Waals surface area contributed by atoms with Crippen molar-refractivity contribution in [3.8, 4) is 0 Å². The topological polar surface area (TPSA) is 88.2 Å². The molecule has 6 nitrogen and oxygen atoms in total. The molecule has 2 aromatic rings. The number of fused-ring (bicyclic) bond motifs is 1. The second kappa shape index (κ2) is 5.43. The minimum atomic E-state index is -3.66. The van der Waals surface area contributed by atoms with Crippen molar-refractivity contribution in [2.24, 2.45) is 0 Å². The van der Waals surface area contributed by atoms with Crippen LogP contribution in [0.5, 0.6) is 0 Å². The van der Waals surface area contributed by atoms with Gasteiger partial charge in [0.2, 0.25) is 15.9 Å². The quantitative estimate of drug-likeness (QED) is 0.894. The van der Waals surface area contributed by atoms with Gasteiger partial charge in [-0.15, -0.1) is 0 Å². The third-order valence-electron chi connectivity index (χ3n) is 4.01. The van der Waals surface area contributed by atoms with Crippen LogP contribution in [0.15, 0.2) is 47.6 Å². The Balaban J connectivity index is 1.87. The van der Waals surface area contributed by atoms with Gasteiger partial charge in [0.25, 0.3) is 0 Å². The van der Waals surface area contributed by atoms with Gasteiger partial charge in [-0.1, -0.05) is 0 Å². The molecule has 0 saturated carbocycles. The molecule has 23 heavy (non-hydrogen) atoms. The summed E-state index contributed by atoms with van der Waals surface area (Å²) in [5, 5.41) is 2.76. The van der Waals surface area contributed by atoms with E-state index in [1.54, 1.807) is 50.5 Å². The number of amides is 1. The van der Waals surface area contributed by atoms with E-state index in [1.165, 1.54) is 6.07 Å². The highest BCUT2D eigenvalue weighted by atomic mass is 32.2. The molecule has 1 aromatic heterocycles. The Morgan fingerprint density at radius 2 is 1.87 bits per heavy atom. The van der Waals surface area contributed by atoms with Crippen molar-refractivity contribution < 1.29 is 13.2 Å². The van der Waals surface area contributed by atoms with Gasteiger partial charge in [0, 0.05) is 24.6 Å². The van der Waals surface area contributed by atoms with Crippen molar-refractivity contribution in [1.29, 1.82) is 0 Å². The summed E-state index contributed by atoms with van der Waals surface area (Å²) in [5.41, 5.74) is 1.43. The lowest BCUT2D eigenvalue weighted by atomic mass is 9.86. The molecule has 1 aromatic carbocycles. The molecular formula is C16H17N3O3S. The third-order valence-corrected chi connectivity index (χ3v) is 5.41. The second-order valence-electron chi connectivity index (χ2n) is 5.97. The molecule has 0 bridgehead atoms. The highest BCUT2D eigenvalue weighted by molar-refractivity contribution is 7.89. The Bertz CT molecular complexity index is 861. The summed E-state index contributed by atoms with van der Waals surface area (Å²) < 4.78 is 27.5. The van der Waals surface area contributed by atoms with E-state index in [4.69, 9.17) is 0 Å². The fraction of sp³-hybridized carbons (Fsp3) is 0.250. The molecule has 0 fully saturated rings. The van der Waals surface area contributed by atoms with E-state index >= 15 is 0 Å². The van der Waals surface area contributed by atoms with Crippen LogP contribution in [-0.2, 0) is 26.8 Å². The maximum absolute atomic E-state index is 12.5. The average Bonchev–Trinajstić information content (AvgIpc) is 2.76. The third kappa shape index (κ3) is 2.85. The van der Waals surface area contributed by atoms with Crippen LogP contribution in [0.25, 0.3) is 0 Å². The average molecular weight is 331 g/mol. The van der Waals surface area contributed by atoms with Gasteiger partial charge in [-0.25, -0.2) is 13.1 Å². The first-order valence-electron chi connectivity index (χ1n) is 7.15. The molecule has 120 valence electrons. The SMILES string of the molecule is CC1(C)C(=O)Nc2ccc(S(=O)(=O)NCc3ccncc3)cc21. The Morgan fingerprint density at radius 1 is 1.17 bits per heavy atom. The van der Waals surface area contributed by atoms with Crippen LogP contribution in [0.1, 0.15) is 25.0 Å². The summed E-state index contributed by atoms with van der Waals surface area (Å²) in [6.45, 7) is 3.73. The van der Waals surface area contributed by atoms with Gasteiger partial charge in [0.15, 0.2) is 0 Å². The van der Waals surface area contributed by atoms with Gasteiger partial charge >= 0.3 is 0 Å². The fourth-order valence-electron chi connectivity index (χ4n) is 2.48. The van der Waals surface area contributed by atoms with E-state index in [2.05, 4.69) is 15.0 Å². The molecule has 0 spiro atoms. The first kappa shape index (κ1) is 15.6. The molecule has 0 saturated heterocycles. The lowest BCUT2D eigenvalue weighted by Gasteiger charge is -2.16. The Kier molecular flexibility index (Phi) is 3.69. The van der Waals surface area contributed by atoms with Crippen LogP contribution in [0.3, 0.4) is 0 Å². The lowest BCUT2D eigenvalue weighted by Crippen LogP contribution is -2.27. The van der Waals surface area contributed by atoms with Crippen molar-refractivity contribution in [2.75, 3.05) is 5.32 Å². The van der Waals surface area contributed by atoms with E-state index in [1.807, 2.05) is 0 Å². The maximum Gasteiger partial charge on any atom is 0.240 e. The predicted molar refractivity (Wildman–Crippen MR) is 86.4 cm³/mol. The number of benzene rings is 1. The highest BCUT2D eigenvalue weighted by Crippen LogP contribution is 2.38. The van der Waals surface area contributed by atoms with E-state index < -0.39 is 15.4 Å². The number of anilines is 1. The molecule has 3 rings (SSSR count). The molecule has 2 N–H and O–H groups in total. The number of pyridine rings is 1. The maximum atomic E-state index is 12.5. The fourth-order valence-corrected chi connectivity index (χ4v) is 3.52. The molecule has 0 radical (unpaired) electrons. The van der Waals surface area contributed by atoms with Crippen molar-refractivity contribution in [1.82, 2.24) is 9.71 Å². The van der Waals surface area contributed by atoms with Crippen molar-refractivity contribution in [3.63, 3.8) is 0 Å². The molecule has 1 aliphatic heterocycles. The summed E-state index contributed by atoms with van der Waals surface area (Å²) >= 11 is 0. The summed E-state index contributed by atoms with van der Waals surface area (Å²) in [6.07, 6.45) is 3.22. The number of sulfonamides is 1. The first-order valence-corrected chi connectivity index (χ1v) is 8.63. The summed E-state index contributed by atoms with van der Waals surface area (Å²) in [6, 6.07) is 8.17. The molecule has 0 atom stereocenters. The minimum Gasteiger partial charge on any atom is -0.325 e. The normalized spacial score (nSPS) is 16.0. The van der Waals surface area contributed by atoms with Crippen molar-refractivity contribution >= 4 is 21.6 Å². The van der Waals surface area contributed by atoms with Crippen LogP contribution in [0, 0.1) is 0 Å². The van der Waals surface area contributed by atoms with E-state index in [9.17, 15) is 13.2 Å². The van der Waals surface area contributed by atoms with Gasteiger partial charge in [-0.05, 0) is 55.3 Å². The zero-order chi connectivity index (χ0) is 16.7. The number of rotatable bonds is 4. The number of carbonyl (C=O) groups excluding carboxylic acids is 1. The monoisotopic (exact) mass is 331 g/mol. The molecule has 1 aliphatic rings. The van der Waals surface area contributed by atoms with E-state index in [0.29, 0.717) is 11.3 Å². The Hall–Kier alpha value is -2.25. The molecule has 0 unspecified atom stereocenters. The van der Waals surface area contributed by atoms with Gasteiger partial charge < -0.3 is 5.32 Å². The predicted octanol–water partition coefficient (Wildman–Crippen LogP) is 1.79. The van der Waals surface area contributed by atoms with Gasteiger partial charge in [0.1, 0.15) is 0 Å². The van der Waals surface area contributed by atoms with Crippen molar-refractivity contribution in [2.45, 2.75) is 30.7 Å². The summed E-state index contributed by atoms with van der Waals surface area (Å²) in [4.78, 5) is 16.0. The molecular weight excluding hydrogens is 314 g/mol.